The number of carbonyl (C=O) groups excluding carboxylic acids is 1. The summed E-state index contributed by atoms with van der Waals surface area (Å²) in [6.07, 6.45) is 1.80. The number of nitrogens with one attached hydrogen (secondary N) is 2. The van der Waals surface area contributed by atoms with Gasteiger partial charge in [0, 0.05) is 5.41 Å². The van der Waals surface area contributed by atoms with Gasteiger partial charge in [0.2, 0.25) is 0 Å². The quantitative estimate of drug-likeness (QED) is 0.697. The minimum atomic E-state index is -0.252. The van der Waals surface area contributed by atoms with Crippen LogP contribution in [-0.2, 0) is 4.79 Å². The van der Waals surface area contributed by atoms with Crippen molar-refractivity contribution in [2.45, 2.75) is 67.3 Å². The third-order valence-electron chi connectivity index (χ3n) is 5.98. The minimum absolute atomic E-state index is 0.0917. The Bertz CT molecular complexity index is 331. The zero-order chi connectivity index (χ0) is 15.1. The first-order chi connectivity index (χ1) is 8.52. The number of hydrazine groups is 1. The predicted molar refractivity (Wildman–Crippen MR) is 80.7 cm³/mol. The summed E-state index contributed by atoms with van der Waals surface area (Å²) in [6, 6.07) is -0.0917. The number of carbonyl (C=O) groups is 1. The summed E-state index contributed by atoms with van der Waals surface area (Å²) in [5, 5.41) is 0. The second-order valence-electron chi connectivity index (χ2n) is 7.78. The van der Waals surface area contributed by atoms with E-state index in [4.69, 9.17) is 0 Å². The van der Waals surface area contributed by atoms with Crippen LogP contribution in [0.5, 0.6) is 0 Å². The van der Waals surface area contributed by atoms with Crippen molar-refractivity contribution >= 4 is 5.78 Å². The van der Waals surface area contributed by atoms with Crippen LogP contribution in [0.4, 0.5) is 0 Å². The fourth-order valence-electron chi connectivity index (χ4n) is 3.21. The molecule has 0 aromatic carbocycles. The first-order valence-electron chi connectivity index (χ1n) is 7.49. The maximum absolute atomic E-state index is 12.7. The molecule has 2 N–H and O–H groups in total. The SMILES string of the molecule is CCC(C)(C)C(=O)C(CC1C(C)(C)C1(C)C)NNC. The number of Topliss-reactive ketones (excluding diaryl/α,β-unsaturated/α-hetero) is 1. The van der Waals surface area contributed by atoms with Gasteiger partial charge in [-0.1, -0.05) is 48.5 Å². The van der Waals surface area contributed by atoms with Crippen molar-refractivity contribution in [1.29, 1.82) is 0 Å². The summed E-state index contributed by atoms with van der Waals surface area (Å²) in [6.45, 7) is 15.4. The third-order valence-corrected chi connectivity index (χ3v) is 5.98. The van der Waals surface area contributed by atoms with E-state index in [0.717, 1.165) is 12.8 Å². The average molecular weight is 268 g/mol. The van der Waals surface area contributed by atoms with Gasteiger partial charge in [0.15, 0.2) is 5.78 Å². The van der Waals surface area contributed by atoms with E-state index in [1.54, 1.807) is 0 Å². The summed E-state index contributed by atoms with van der Waals surface area (Å²) in [5.41, 5.74) is 6.54. The maximum Gasteiger partial charge on any atom is 0.156 e. The summed E-state index contributed by atoms with van der Waals surface area (Å²) in [5.74, 6) is 0.922. The van der Waals surface area contributed by atoms with E-state index < -0.39 is 0 Å². The summed E-state index contributed by atoms with van der Waals surface area (Å²) < 4.78 is 0. The van der Waals surface area contributed by atoms with E-state index >= 15 is 0 Å². The fourth-order valence-corrected chi connectivity index (χ4v) is 3.21. The van der Waals surface area contributed by atoms with Crippen molar-refractivity contribution in [2.75, 3.05) is 7.05 Å². The minimum Gasteiger partial charge on any atom is -0.297 e. The van der Waals surface area contributed by atoms with Gasteiger partial charge in [-0.15, -0.1) is 0 Å². The van der Waals surface area contributed by atoms with E-state index in [1.165, 1.54) is 0 Å². The van der Waals surface area contributed by atoms with Crippen molar-refractivity contribution in [2.24, 2.45) is 22.2 Å². The Kier molecular flexibility index (Phi) is 4.53. The summed E-state index contributed by atoms with van der Waals surface area (Å²) in [7, 11) is 1.84. The van der Waals surface area contributed by atoms with Crippen LogP contribution in [0.1, 0.15) is 61.3 Å². The lowest BCUT2D eigenvalue weighted by atomic mass is 9.80. The highest BCUT2D eigenvalue weighted by Crippen LogP contribution is 2.70. The van der Waals surface area contributed by atoms with E-state index in [-0.39, 0.29) is 11.5 Å². The molecule has 112 valence electrons. The van der Waals surface area contributed by atoms with E-state index in [0.29, 0.717) is 22.5 Å². The van der Waals surface area contributed by atoms with Crippen molar-refractivity contribution < 1.29 is 4.79 Å². The molecule has 0 saturated heterocycles. The van der Waals surface area contributed by atoms with Gasteiger partial charge >= 0.3 is 0 Å². The Morgan fingerprint density at radius 3 is 2.00 bits per heavy atom. The number of ketones is 1. The van der Waals surface area contributed by atoms with Gasteiger partial charge < -0.3 is 0 Å². The molecule has 0 aliphatic heterocycles. The molecule has 1 fully saturated rings. The molecule has 0 spiro atoms. The van der Waals surface area contributed by atoms with Crippen LogP contribution < -0.4 is 10.9 Å². The van der Waals surface area contributed by atoms with Crippen molar-refractivity contribution in [3.63, 3.8) is 0 Å². The van der Waals surface area contributed by atoms with Gasteiger partial charge in [0.05, 0.1) is 6.04 Å². The highest BCUT2D eigenvalue weighted by atomic mass is 16.1. The molecular formula is C16H32N2O. The van der Waals surface area contributed by atoms with Crippen molar-refractivity contribution in [3.8, 4) is 0 Å². The third kappa shape index (κ3) is 2.87. The molecule has 0 amide bonds. The van der Waals surface area contributed by atoms with Crippen molar-refractivity contribution in [3.05, 3.63) is 0 Å². The smallest absolute Gasteiger partial charge is 0.156 e. The van der Waals surface area contributed by atoms with Crippen LogP contribution in [0.15, 0.2) is 0 Å². The van der Waals surface area contributed by atoms with Crippen LogP contribution in [0.3, 0.4) is 0 Å². The Labute approximate surface area is 118 Å². The van der Waals surface area contributed by atoms with Crippen LogP contribution >= 0.6 is 0 Å². The molecule has 1 atom stereocenters. The average Bonchev–Trinajstić information content (AvgIpc) is 2.69. The van der Waals surface area contributed by atoms with Gasteiger partial charge in [-0.2, -0.15) is 0 Å². The normalized spacial score (nSPS) is 23.2. The molecular weight excluding hydrogens is 236 g/mol. The largest absolute Gasteiger partial charge is 0.297 e. The molecule has 3 heteroatoms. The standard InChI is InChI=1S/C16H32N2O/c1-9-14(2,3)13(19)11(18-17-8)10-12-15(4,5)16(12,6)7/h11-12,17-18H,9-10H2,1-8H3. The van der Waals surface area contributed by atoms with E-state index in [2.05, 4.69) is 45.5 Å². The van der Waals surface area contributed by atoms with Crippen LogP contribution in [0, 0.1) is 22.2 Å². The molecule has 0 radical (unpaired) electrons. The summed E-state index contributed by atoms with van der Waals surface area (Å²) in [4.78, 5) is 12.7. The molecule has 0 aromatic heterocycles. The van der Waals surface area contributed by atoms with Gasteiger partial charge in [-0.05, 0) is 36.6 Å². The second-order valence-corrected chi connectivity index (χ2v) is 7.78. The molecule has 1 saturated carbocycles. The lowest BCUT2D eigenvalue weighted by Gasteiger charge is -2.28. The van der Waals surface area contributed by atoms with Gasteiger partial charge in [-0.3, -0.25) is 10.2 Å². The zero-order valence-electron chi connectivity index (χ0n) is 14.0. The van der Waals surface area contributed by atoms with Gasteiger partial charge in [0.1, 0.15) is 0 Å². The topological polar surface area (TPSA) is 41.1 Å². The first-order valence-corrected chi connectivity index (χ1v) is 7.49. The Morgan fingerprint density at radius 2 is 1.68 bits per heavy atom. The van der Waals surface area contributed by atoms with E-state index in [9.17, 15) is 4.79 Å². The van der Waals surface area contributed by atoms with E-state index in [1.807, 2.05) is 20.9 Å². The predicted octanol–water partition coefficient (Wildman–Crippen LogP) is 3.16. The van der Waals surface area contributed by atoms with Crippen molar-refractivity contribution in [1.82, 2.24) is 10.9 Å². The number of rotatable bonds is 7. The fraction of sp³-hybridized carbons (Fsp3) is 0.938. The molecule has 0 aromatic rings. The molecule has 1 unspecified atom stereocenters. The van der Waals surface area contributed by atoms with Gasteiger partial charge in [0.25, 0.3) is 0 Å². The van der Waals surface area contributed by atoms with Crippen LogP contribution in [0.2, 0.25) is 0 Å². The summed E-state index contributed by atoms with van der Waals surface area (Å²) >= 11 is 0. The lowest BCUT2D eigenvalue weighted by Crippen LogP contribution is -2.48. The Balaban J connectivity index is 2.79. The molecule has 1 aliphatic carbocycles. The van der Waals surface area contributed by atoms with Crippen LogP contribution in [0.25, 0.3) is 0 Å². The Morgan fingerprint density at radius 1 is 1.21 bits per heavy atom. The molecule has 1 rings (SSSR count). The zero-order valence-corrected chi connectivity index (χ0v) is 14.0. The van der Waals surface area contributed by atoms with Gasteiger partial charge in [-0.25, -0.2) is 5.43 Å². The first kappa shape index (κ1) is 16.6. The molecule has 0 heterocycles. The number of hydrogen-bond donors (Lipinski definition) is 2. The highest BCUT2D eigenvalue weighted by molar-refractivity contribution is 5.89. The molecule has 1 aliphatic rings. The maximum atomic E-state index is 12.7. The second kappa shape index (κ2) is 5.17. The van der Waals surface area contributed by atoms with Crippen LogP contribution in [-0.4, -0.2) is 18.9 Å². The molecule has 3 nitrogen and oxygen atoms in total. The monoisotopic (exact) mass is 268 g/mol. The number of hydrogen-bond acceptors (Lipinski definition) is 3. The molecule has 19 heavy (non-hydrogen) atoms. The Hall–Kier alpha value is -0.410. The highest BCUT2D eigenvalue weighted by Gasteiger charge is 2.64. The molecule has 0 bridgehead atoms. The lowest BCUT2D eigenvalue weighted by molar-refractivity contribution is -0.130.